The van der Waals surface area contributed by atoms with Crippen LogP contribution < -0.4 is 0 Å². The Bertz CT molecular complexity index is 150. The summed E-state index contributed by atoms with van der Waals surface area (Å²) >= 11 is 0. The summed E-state index contributed by atoms with van der Waals surface area (Å²) in [6, 6.07) is 0. The Kier molecular flexibility index (Phi) is 10.5. The van der Waals surface area contributed by atoms with Gasteiger partial charge in [0.1, 0.15) is 0 Å². The number of hydrogen-bond donors (Lipinski definition) is 1. The van der Waals surface area contributed by atoms with Gasteiger partial charge in [-0.05, 0) is 13.1 Å². The van der Waals surface area contributed by atoms with Crippen molar-refractivity contribution >= 4 is 18.8 Å². The van der Waals surface area contributed by atoms with Crippen molar-refractivity contribution in [3.63, 3.8) is 0 Å². The molecule has 0 radical (unpaired) electrons. The van der Waals surface area contributed by atoms with Crippen LogP contribution in [0, 0.1) is 0 Å². The van der Waals surface area contributed by atoms with E-state index in [2.05, 4.69) is 24.4 Å². The molecule has 0 aromatic heterocycles. The van der Waals surface area contributed by atoms with E-state index in [1.165, 1.54) is 0 Å². The van der Waals surface area contributed by atoms with Gasteiger partial charge >= 0.3 is 0 Å². The first kappa shape index (κ1) is 15.0. The average Bonchev–Trinajstić information content (AvgIpc) is 3.02. The second-order valence-electron chi connectivity index (χ2n) is 3.47. The van der Waals surface area contributed by atoms with Crippen molar-refractivity contribution in [1.29, 1.82) is 0 Å². The number of epoxide rings is 1. The molecule has 0 aliphatic carbocycles. The molecule has 1 N–H and O–H groups in total. The van der Waals surface area contributed by atoms with Gasteiger partial charge < -0.3 is 18.7 Å². The molecule has 1 fully saturated rings. The van der Waals surface area contributed by atoms with Crippen LogP contribution in [-0.4, -0.2) is 56.1 Å². The highest BCUT2D eigenvalue weighted by Gasteiger charge is 2.06. The lowest BCUT2D eigenvalue weighted by Gasteiger charge is -2.12. The van der Waals surface area contributed by atoms with E-state index in [9.17, 15) is 5.11 Å². The molecule has 1 heterocycles. The van der Waals surface area contributed by atoms with Gasteiger partial charge in [-0.3, -0.25) is 0 Å². The predicted molar refractivity (Wildman–Crippen MR) is 66.3 cm³/mol. The van der Waals surface area contributed by atoms with Gasteiger partial charge in [0.15, 0.2) is 18.8 Å². The zero-order chi connectivity index (χ0) is 11.5. The van der Waals surface area contributed by atoms with Crippen molar-refractivity contribution in [3.8, 4) is 0 Å². The minimum Gasteiger partial charge on any atom is -0.461 e. The highest BCUT2D eigenvalue weighted by molar-refractivity contribution is 6.56. The molecule has 1 saturated heterocycles. The van der Waals surface area contributed by atoms with Crippen LogP contribution in [0.2, 0.25) is 13.1 Å². The van der Waals surface area contributed by atoms with Gasteiger partial charge in [-0.1, -0.05) is 6.08 Å². The minimum atomic E-state index is -0.942. The van der Waals surface area contributed by atoms with E-state index in [4.69, 9.17) is 8.85 Å². The maximum Gasteiger partial charge on any atom is 0.178 e. The van der Waals surface area contributed by atoms with Crippen molar-refractivity contribution in [1.82, 2.24) is 0 Å². The summed E-state index contributed by atoms with van der Waals surface area (Å²) in [4.78, 5) is 0. The van der Waals surface area contributed by atoms with Gasteiger partial charge in [-0.15, -0.1) is 6.58 Å². The second kappa shape index (κ2) is 10.5. The quantitative estimate of drug-likeness (QED) is 0.289. The van der Waals surface area contributed by atoms with E-state index < -0.39 is 18.8 Å². The molecule has 15 heavy (non-hydrogen) atoms. The molecule has 4 nitrogen and oxygen atoms in total. The van der Waals surface area contributed by atoms with Crippen LogP contribution in [0.1, 0.15) is 0 Å². The first-order chi connectivity index (χ1) is 7.16. The monoisotopic (exact) mass is 250 g/mol. The second-order valence-corrected chi connectivity index (χ2v) is 8.18. The Morgan fingerprint density at radius 2 is 2.20 bits per heavy atom. The molecule has 90 valence electrons. The zero-order valence-electron chi connectivity index (χ0n) is 9.65. The number of rotatable bonds is 7. The normalized spacial score (nSPS) is 16.3. The van der Waals surface area contributed by atoms with Crippen LogP contribution in [0.5, 0.6) is 0 Å². The minimum absolute atomic E-state index is 0.361. The molecule has 0 aromatic rings. The van der Waals surface area contributed by atoms with Crippen molar-refractivity contribution in [2.45, 2.75) is 18.8 Å². The van der Waals surface area contributed by atoms with E-state index in [0.717, 1.165) is 13.2 Å². The van der Waals surface area contributed by atoms with Crippen molar-refractivity contribution in [3.05, 3.63) is 12.7 Å². The maximum absolute atomic E-state index is 9.32. The topological polar surface area (TPSA) is 51.2 Å². The lowest BCUT2D eigenvalue weighted by Crippen LogP contribution is -2.28. The summed E-state index contributed by atoms with van der Waals surface area (Å²) in [6.07, 6.45) is 1.67. The van der Waals surface area contributed by atoms with E-state index in [1.807, 2.05) is 0 Å². The summed E-state index contributed by atoms with van der Waals surface area (Å²) in [5.74, 6) is 0. The third-order valence-corrected chi connectivity index (χ3v) is 5.43. The van der Waals surface area contributed by atoms with Crippen LogP contribution in [0.4, 0.5) is 0 Å². The Hall–Kier alpha value is 0.0138. The third kappa shape index (κ3) is 16.7. The van der Waals surface area contributed by atoms with Crippen LogP contribution in [-0.2, 0) is 13.6 Å². The SMILES string of the molecule is C1CO1.C=CCOCC(O)[SiH2]O[SiH](C)C. The molecule has 0 bridgehead atoms. The number of hydrogen-bond acceptors (Lipinski definition) is 4. The molecule has 1 atom stereocenters. The maximum atomic E-state index is 9.32. The smallest absolute Gasteiger partial charge is 0.178 e. The highest BCUT2D eigenvalue weighted by Crippen LogP contribution is 1.88. The molecule has 1 rings (SSSR count). The first-order valence-corrected chi connectivity index (χ1v) is 9.40. The predicted octanol–water partition coefficient (Wildman–Crippen LogP) is -0.392. The van der Waals surface area contributed by atoms with Crippen molar-refractivity contribution in [2.75, 3.05) is 26.4 Å². The Morgan fingerprint density at radius 1 is 1.60 bits per heavy atom. The molecule has 0 spiro atoms. The molecule has 1 aliphatic heterocycles. The Morgan fingerprint density at radius 3 is 2.60 bits per heavy atom. The van der Waals surface area contributed by atoms with Gasteiger partial charge in [0, 0.05) is 0 Å². The van der Waals surface area contributed by atoms with Gasteiger partial charge in [-0.25, -0.2) is 0 Å². The molecular weight excluding hydrogens is 228 g/mol. The first-order valence-electron chi connectivity index (χ1n) is 5.22. The number of aliphatic hydroxyl groups excluding tert-OH is 1. The number of aliphatic hydroxyl groups is 1. The highest BCUT2D eigenvalue weighted by atomic mass is 28.3. The number of ether oxygens (including phenoxy) is 2. The van der Waals surface area contributed by atoms with E-state index >= 15 is 0 Å². The summed E-state index contributed by atoms with van der Waals surface area (Å²) in [6.45, 7) is 10.6. The molecule has 0 amide bonds. The fourth-order valence-electron chi connectivity index (χ4n) is 0.639. The summed E-state index contributed by atoms with van der Waals surface area (Å²) in [7, 11) is -1.72. The summed E-state index contributed by atoms with van der Waals surface area (Å²) < 4.78 is 15.0. The fraction of sp³-hybridized carbons (Fsp3) is 0.778. The summed E-state index contributed by atoms with van der Waals surface area (Å²) in [5.41, 5.74) is -0.361. The van der Waals surface area contributed by atoms with Gasteiger partial charge in [0.25, 0.3) is 0 Å². The van der Waals surface area contributed by atoms with E-state index in [0.29, 0.717) is 13.2 Å². The van der Waals surface area contributed by atoms with Crippen LogP contribution in [0.15, 0.2) is 12.7 Å². The van der Waals surface area contributed by atoms with E-state index in [1.54, 1.807) is 6.08 Å². The molecule has 1 aliphatic rings. The van der Waals surface area contributed by atoms with Gasteiger partial charge in [-0.2, -0.15) is 0 Å². The average molecular weight is 250 g/mol. The lowest BCUT2D eigenvalue weighted by molar-refractivity contribution is 0.0850. The molecular formula is C9H22O4Si2. The van der Waals surface area contributed by atoms with Gasteiger partial charge in [0.2, 0.25) is 0 Å². The largest absolute Gasteiger partial charge is 0.461 e. The fourth-order valence-corrected chi connectivity index (χ4v) is 3.33. The van der Waals surface area contributed by atoms with Crippen LogP contribution in [0.3, 0.4) is 0 Å². The third-order valence-electron chi connectivity index (χ3n) is 1.37. The van der Waals surface area contributed by atoms with Crippen LogP contribution in [0.25, 0.3) is 0 Å². The lowest BCUT2D eigenvalue weighted by atomic mass is 10.7. The van der Waals surface area contributed by atoms with Crippen molar-refractivity contribution in [2.24, 2.45) is 0 Å². The van der Waals surface area contributed by atoms with Gasteiger partial charge in [0.05, 0.1) is 32.2 Å². The Balaban J connectivity index is 0.000000548. The Labute approximate surface area is 95.9 Å². The van der Waals surface area contributed by atoms with Crippen molar-refractivity contribution < 1.29 is 18.7 Å². The molecule has 0 saturated carbocycles. The van der Waals surface area contributed by atoms with Crippen LogP contribution >= 0.6 is 0 Å². The van der Waals surface area contributed by atoms with E-state index in [-0.39, 0.29) is 5.73 Å². The summed E-state index contributed by atoms with van der Waals surface area (Å²) in [5, 5.41) is 9.32. The standard InChI is InChI=1S/C7H18O3Si2.C2H4O/c1-4-5-9-6-7(8)11-10-12(2)3;1-2-3-1/h4,7-8,12H,1,5-6,11H2,2-3H3;1-2H2. The molecule has 1 unspecified atom stereocenters. The zero-order valence-corrected chi connectivity index (χ0v) is 12.2. The molecule has 0 aromatic carbocycles. The molecule has 6 heteroatoms.